The zero-order valence-electron chi connectivity index (χ0n) is 11.0. The van der Waals surface area contributed by atoms with Gasteiger partial charge in [-0.1, -0.05) is 12.1 Å². The van der Waals surface area contributed by atoms with Crippen molar-refractivity contribution in [2.24, 2.45) is 5.92 Å². The van der Waals surface area contributed by atoms with Crippen LogP contribution in [0.1, 0.15) is 30.4 Å². The summed E-state index contributed by atoms with van der Waals surface area (Å²) in [6.45, 7) is 7.46. The Hall–Kier alpha value is -1.02. The zero-order valence-corrected chi connectivity index (χ0v) is 11.0. The lowest BCUT2D eigenvalue weighted by molar-refractivity contribution is 0.253. The van der Waals surface area contributed by atoms with Crippen LogP contribution in [0.3, 0.4) is 0 Å². The van der Waals surface area contributed by atoms with Gasteiger partial charge in [0.15, 0.2) is 0 Å². The fourth-order valence-electron chi connectivity index (χ4n) is 2.39. The largest absolute Gasteiger partial charge is 0.493 e. The second-order valence-corrected chi connectivity index (χ2v) is 5.05. The van der Waals surface area contributed by atoms with Crippen molar-refractivity contribution in [2.45, 2.75) is 33.1 Å². The summed E-state index contributed by atoms with van der Waals surface area (Å²) in [7, 11) is 0. The van der Waals surface area contributed by atoms with E-state index in [9.17, 15) is 0 Å². The smallest absolute Gasteiger partial charge is 0.122 e. The number of rotatable bonds is 4. The quantitative estimate of drug-likeness (QED) is 0.863. The molecule has 0 saturated carbocycles. The Morgan fingerprint density at radius 3 is 3.00 bits per heavy atom. The van der Waals surface area contributed by atoms with E-state index in [0.29, 0.717) is 0 Å². The second kappa shape index (κ2) is 6.06. The Bertz CT molecular complexity index is 356. The summed E-state index contributed by atoms with van der Waals surface area (Å²) in [5.74, 6) is 1.85. The van der Waals surface area contributed by atoms with Gasteiger partial charge in [0.25, 0.3) is 0 Å². The lowest BCUT2D eigenvalue weighted by Gasteiger charge is -2.22. The lowest BCUT2D eigenvalue weighted by Crippen LogP contribution is -2.30. The molecule has 1 aliphatic rings. The Morgan fingerprint density at radius 2 is 2.24 bits per heavy atom. The van der Waals surface area contributed by atoms with Gasteiger partial charge < -0.3 is 10.1 Å². The molecule has 2 nitrogen and oxygen atoms in total. The molecule has 1 N–H and O–H groups in total. The Labute approximate surface area is 104 Å². The fraction of sp³-hybridized carbons (Fsp3) is 0.600. The van der Waals surface area contributed by atoms with Crippen LogP contribution in [0.15, 0.2) is 18.2 Å². The normalized spacial score (nSPS) is 20.2. The zero-order chi connectivity index (χ0) is 12.1. The van der Waals surface area contributed by atoms with E-state index in [1.54, 1.807) is 0 Å². The van der Waals surface area contributed by atoms with Gasteiger partial charge in [-0.3, -0.25) is 0 Å². The van der Waals surface area contributed by atoms with E-state index >= 15 is 0 Å². The summed E-state index contributed by atoms with van der Waals surface area (Å²) in [4.78, 5) is 0. The van der Waals surface area contributed by atoms with Crippen LogP contribution in [-0.2, 0) is 0 Å². The van der Waals surface area contributed by atoms with E-state index in [-0.39, 0.29) is 0 Å². The molecule has 1 unspecified atom stereocenters. The van der Waals surface area contributed by atoms with Crippen LogP contribution in [0.2, 0.25) is 0 Å². The van der Waals surface area contributed by atoms with E-state index < -0.39 is 0 Å². The van der Waals surface area contributed by atoms with Crippen molar-refractivity contribution in [1.29, 1.82) is 0 Å². The predicted molar refractivity (Wildman–Crippen MR) is 71.6 cm³/mol. The van der Waals surface area contributed by atoms with Crippen molar-refractivity contribution < 1.29 is 4.74 Å². The maximum atomic E-state index is 5.89. The van der Waals surface area contributed by atoms with Crippen molar-refractivity contribution in [3.8, 4) is 5.75 Å². The van der Waals surface area contributed by atoms with E-state index in [0.717, 1.165) is 24.8 Å². The first-order valence-corrected chi connectivity index (χ1v) is 6.67. The summed E-state index contributed by atoms with van der Waals surface area (Å²) < 4.78 is 5.89. The first-order valence-electron chi connectivity index (χ1n) is 6.67. The monoisotopic (exact) mass is 233 g/mol. The maximum Gasteiger partial charge on any atom is 0.122 e. The van der Waals surface area contributed by atoms with Gasteiger partial charge in [0, 0.05) is 0 Å². The molecule has 1 aliphatic heterocycles. The van der Waals surface area contributed by atoms with Crippen molar-refractivity contribution in [3.63, 3.8) is 0 Å². The van der Waals surface area contributed by atoms with Crippen molar-refractivity contribution >= 4 is 0 Å². The van der Waals surface area contributed by atoms with Gasteiger partial charge in [-0.25, -0.2) is 0 Å². The van der Waals surface area contributed by atoms with Crippen LogP contribution < -0.4 is 10.1 Å². The highest BCUT2D eigenvalue weighted by Crippen LogP contribution is 2.21. The highest BCUT2D eigenvalue weighted by atomic mass is 16.5. The van der Waals surface area contributed by atoms with Gasteiger partial charge in [-0.05, 0) is 69.3 Å². The predicted octanol–water partition coefficient (Wildman–Crippen LogP) is 3.07. The number of piperidine rings is 1. The van der Waals surface area contributed by atoms with Crippen LogP contribution >= 0.6 is 0 Å². The molecule has 94 valence electrons. The molecule has 17 heavy (non-hydrogen) atoms. The summed E-state index contributed by atoms with van der Waals surface area (Å²) >= 11 is 0. The van der Waals surface area contributed by atoms with E-state index in [1.807, 2.05) is 0 Å². The SMILES string of the molecule is Cc1cccc(OCCC2CCCNC2)c1C. The average molecular weight is 233 g/mol. The molecule has 0 aromatic heterocycles. The molecule has 1 saturated heterocycles. The molecular weight excluding hydrogens is 210 g/mol. The standard InChI is InChI=1S/C15H23NO/c1-12-5-3-7-15(13(12)2)17-10-8-14-6-4-9-16-11-14/h3,5,7,14,16H,4,6,8-11H2,1-2H3. The van der Waals surface area contributed by atoms with Gasteiger partial charge in [0.05, 0.1) is 6.61 Å². The van der Waals surface area contributed by atoms with Crippen molar-refractivity contribution in [3.05, 3.63) is 29.3 Å². The third-order valence-corrected chi connectivity index (χ3v) is 3.74. The highest BCUT2D eigenvalue weighted by Gasteiger charge is 2.12. The van der Waals surface area contributed by atoms with Gasteiger partial charge in [0.1, 0.15) is 5.75 Å². The maximum absolute atomic E-state index is 5.89. The summed E-state index contributed by atoms with van der Waals surface area (Å²) in [6.07, 6.45) is 3.83. The van der Waals surface area contributed by atoms with Crippen molar-refractivity contribution in [2.75, 3.05) is 19.7 Å². The minimum absolute atomic E-state index is 0.800. The van der Waals surface area contributed by atoms with Crippen LogP contribution in [0, 0.1) is 19.8 Å². The number of nitrogens with one attached hydrogen (secondary N) is 1. The fourth-order valence-corrected chi connectivity index (χ4v) is 2.39. The number of hydrogen-bond donors (Lipinski definition) is 1. The minimum Gasteiger partial charge on any atom is -0.493 e. The summed E-state index contributed by atoms with van der Waals surface area (Å²) in [6, 6.07) is 6.27. The molecule has 1 atom stereocenters. The number of aryl methyl sites for hydroxylation is 1. The van der Waals surface area contributed by atoms with Crippen LogP contribution in [-0.4, -0.2) is 19.7 Å². The first kappa shape index (κ1) is 12.4. The Kier molecular flexibility index (Phi) is 4.43. The minimum atomic E-state index is 0.800. The molecule has 0 spiro atoms. The van der Waals surface area contributed by atoms with Gasteiger partial charge in [-0.2, -0.15) is 0 Å². The van der Waals surface area contributed by atoms with E-state index in [1.165, 1.54) is 36.9 Å². The Balaban J connectivity index is 1.79. The molecule has 1 aromatic carbocycles. The molecule has 2 rings (SSSR count). The molecule has 1 heterocycles. The highest BCUT2D eigenvalue weighted by molar-refractivity contribution is 5.38. The molecule has 0 aliphatic carbocycles. The number of hydrogen-bond acceptors (Lipinski definition) is 2. The lowest BCUT2D eigenvalue weighted by atomic mass is 9.97. The average Bonchev–Trinajstić information content (AvgIpc) is 2.36. The summed E-state index contributed by atoms with van der Waals surface area (Å²) in [5.41, 5.74) is 2.58. The molecular formula is C15H23NO. The first-order chi connectivity index (χ1) is 8.27. The van der Waals surface area contributed by atoms with Gasteiger partial charge in [-0.15, -0.1) is 0 Å². The Morgan fingerprint density at radius 1 is 1.35 bits per heavy atom. The number of ether oxygens (including phenoxy) is 1. The molecule has 0 radical (unpaired) electrons. The molecule has 0 amide bonds. The number of benzene rings is 1. The van der Waals surface area contributed by atoms with Crippen LogP contribution in [0.4, 0.5) is 0 Å². The summed E-state index contributed by atoms with van der Waals surface area (Å²) in [5, 5.41) is 3.45. The van der Waals surface area contributed by atoms with Gasteiger partial charge >= 0.3 is 0 Å². The van der Waals surface area contributed by atoms with E-state index in [2.05, 4.69) is 37.4 Å². The molecule has 1 aromatic rings. The van der Waals surface area contributed by atoms with Crippen molar-refractivity contribution in [1.82, 2.24) is 5.32 Å². The molecule has 0 bridgehead atoms. The van der Waals surface area contributed by atoms with Crippen LogP contribution in [0.5, 0.6) is 5.75 Å². The molecule has 1 fully saturated rings. The van der Waals surface area contributed by atoms with Crippen LogP contribution in [0.25, 0.3) is 0 Å². The third kappa shape index (κ3) is 3.47. The van der Waals surface area contributed by atoms with E-state index in [4.69, 9.17) is 4.74 Å². The second-order valence-electron chi connectivity index (χ2n) is 5.05. The molecule has 2 heteroatoms. The topological polar surface area (TPSA) is 21.3 Å². The van der Waals surface area contributed by atoms with Gasteiger partial charge in [0.2, 0.25) is 0 Å². The third-order valence-electron chi connectivity index (χ3n) is 3.74.